The van der Waals surface area contributed by atoms with Gasteiger partial charge in [-0.2, -0.15) is 0 Å². The van der Waals surface area contributed by atoms with Crippen molar-refractivity contribution in [1.82, 2.24) is 4.57 Å². The van der Waals surface area contributed by atoms with E-state index >= 15 is 0 Å². The van der Waals surface area contributed by atoms with Crippen LogP contribution in [0, 0.1) is 11.8 Å². The minimum absolute atomic E-state index is 0.304. The lowest BCUT2D eigenvalue weighted by Gasteiger charge is -2.28. The number of fused-ring (bicyclic) bond motifs is 3. The Kier molecular flexibility index (Phi) is 2.17. The second kappa shape index (κ2) is 3.61. The smallest absolute Gasteiger partial charge is 0.0364 e. The van der Waals surface area contributed by atoms with Crippen molar-refractivity contribution < 1.29 is 0 Å². The molecule has 2 N–H and O–H groups in total. The Bertz CT molecular complexity index is 434. The first-order chi connectivity index (χ1) is 8.33. The van der Waals surface area contributed by atoms with E-state index in [4.69, 9.17) is 5.73 Å². The highest BCUT2D eigenvalue weighted by molar-refractivity contribution is 5.29. The molecule has 17 heavy (non-hydrogen) atoms. The molecule has 2 saturated carbocycles. The molecular weight excluding hydrogens is 208 g/mol. The molecule has 92 valence electrons. The Morgan fingerprint density at radius 3 is 2.88 bits per heavy atom. The summed E-state index contributed by atoms with van der Waals surface area (Å²) < 4.78 is 2.61. The lowest BCUT2D eigenvalue weighted by molar-refractivity contribution is 0.320. The van der Waals surface area contributed by atoms with Crippen molar-refractivity contribution in [3.8, 4) is 0 Å². The van der Waals surface area contributed by atoms with Crippen LogP contribution in [0.5, 0.6) is 0 Å². The molecule has 0 aliphatic heterocycles. The van der Waals surface area contributed by atoms with Gasteiger partial charge in [-0.25, -0.2) is 0 Å². The van der Waals surface area contributed by atoms with E-state index in [1.807, 2.05) is 0 Å². The van der Waals surface area contributed by atoms with Crippen LogP contribution >= 0.6 is 0 Å². The summed E-state index contributed by atoms with van der Waals surface area (Å²) in [6, 6.07) is 3.41. The van der Waals surface area contributed by atoms with E-state index in [-0.39, 0.29) is 0 Å². The SMILES string of the molecule is NC1CCCc2c1ccn2C1CC2CCC1C2. The quantitative estimate of drug-likeness (QED) is 0.789. The lowest BCUT2D eigenvalue weighted by Crippen LogP contribution is -2.22. The number of aromatic nitrogens is 1. The van der Waals surface area contributed by atoms with E-state index in [1.165, 1.54) is 50.5 Å². The summed E-state index contributed by atoms with van der Waals surface area (Å²) in [6.45, 7) is 0. The third kappa shape index (κ3) is 1.43. The highest BCUT2D eigenvalue weighted by Gasteiger charge is 2.41. The van der Waals surface area contributed by atoms with E-state index in [2.05, 4.69) is 16.8 Å². The van der Waals surface area contributed by atoms with Crippen molar-refractivity contribution in [3.63, 3.8) is 0 Å². The van der Waals surface area contributed by atoms with Crippen LogP contribution in [0.15, 0.2) is 12.3 Å². The van der Waals surface area contributed by atoms with Crippen LogP contribution in [0.25, 0.3) is 0 Å². The van der Waals surface area contributed by atoms with Crippen LogP contribution in [0.1, 0.15) is 61.9 Å². The third-order valence-corrected chi connectivity index (χ3v) is 5.45. The molecule has 0 aromatic carbocycles. The molecule has 3 aliphatic carbocycles. The maximum atomic E-state index is 6.22. The van der Waals surface area contributed by atoms with E-state index in [9.17, 15) is 0 Å². The monoisotopic (exact) mass is 230 g/mol. The Morgan fingerprint density at radius 1 is 1.18 bits per heavy atom. The van der Waals surface area contributed by atoms with Crippen molar-refractivity contribution in [1.29, 1.82) is 0 Å². The van der Waals surface area contributed by atoms with Gasteiger partial charge in [0.15, 0.2) is 0 Å². The molecule has 4 rings (SSSR count). The first-order valence-electron chi connectivity index (χ1n) is 7.28. The largest absolute Gasteiger partial charge is 0.348 e. The molecule has 1 aromatic heterocycles. The second-order valence-electron chi connectivity index (χ2n) is 6.37. The summed E-state index contributed by atoms with van der Waals surface area (Å²) in [5.41, 5.74) is 9.24. The topological polar surface area (TPSA) is 30.9 Å². The van der Waals surface area contributed by atoms with Gasteiger partial charge >= 0.3 is 0 Å². The van der Waals surface area contributed by atoms with Gasteiger partial charge in [0.1, 0.15) is 0 Å². The minimum Gasteiger partial charge on any atom is -0.348 e. The predicted molar refractivity (Wildman–Crippen MR) is 68.8 cm³/mol. The molecule has 0 amide bonds. The maximum Gasteiger partial charge on any atom is 0.0364 e. The normalized spacial score (nSPS) is 39.6. The first kappa shape index (κ1) is 10.2. The van der Waals surface area contributed by atoms with E-state index < -0.39 is 0 Å². The Hall–Kier alpha value is -0.760. The molecule has 0 spiro atoms. The van der Waals surface area contributed by atoms with E-state index in [1.54, 1.807) is 5.69 Å². The van der Waals surface area contributed by atoms with Gasteiger partial charge in [0.05, 0.1) is 0 Å². The van der Waals surface area contributed by atoms with Crippen LogP contribution in [0.4, 0.5) is 0 Å². The molecule has 2 heteroatoms. The van der Waals surface area contributed by atoms with Crippen LogP contribution in [-0.4, -0.2) is 4.57 Å². The summed E-state index contributed by atoms with van der Waals surface area (Å²) in [5.74, 6) is 2.00. The number of hydrogen-bond acceptors (Lipinski definition) is 1. The molecule has 2 nitrogen and oxygen atoms in total. The van der Waals surface area contributed by atoms with Gasteiger partial charge in [-0.1, -0.05) is 6.42 Å². The van der Waals surface area contributed by atoms with Gasteiger partial charge in [0, 0.05) is 24.0 Å². The highest BCUT2D eigenvalue weighted by Crippen LogP contribution is 2.51. The Balaban J connectivity index is 1.70. The fourth-order valence-electron chi connectivity index (χ4n) is 4.61. The molecule has 2 fully saturated rings. The summed E-state index contributed by atoms with van der Waals surface area (Å²) in [7, 11) is 0. The zero-order valence-electron chi connectivity index (χ0n) is 10.4. The molecule has 3 aliphatic rings. The van der Waals surface area contributed by atoms with Gasteiger partial charge in [-0.15, -0.1) is 0 Å². The number of rotatable bonds is 1. The molecular formula is C15H22N2. The van der Waals surface area contributed by atoms with Crippen molar-refractivity contribution in [2.24, 2.45) is 17.6 Å². The zero-order chi connectivity index (χ0) is 11.4. The van der Waals surface area contributed by atoms with Crippen molar-refractivity contribution in [2.45, 2.75) is 57.0 Å². The number of hydrogen-bond donors (Lipinski definition) is 1. The minimum atomic E-state index is 0.304. The summed E-state index contributed by atoms with van der Waals surface area (Å²) in [4.78, 5) is 0. The van der Waals surface area contributed by atoms with E-state index in [0.29, 0.717) is 6.04 Å². The van der Waals surface area contributed by atoms with Crippen molar-refractivity contribution in [2.75, 3.05) is 0 Å². The summed E-state index contributed by atoms with van der Waals surface area (Å²) in [6.07, 6.45) is 11.9. The molecule has 1 heterocycles. The van der Waals surface area contributed by atoms with Crippen LogP contribution in [0.2, 0.25) is 0 Å². The molecule has 2 bridgehead atoms. The van der Waals surface area contributed by atoms with Gasteiger partial charge in [0.25, 0.3) is 0 Å². The molecule has 4 unspecified atom stereocenters. The number of nitrogens with two attached hydrogens (primary N) is 1. The first-order valence-corrected chi connectivity index (χ1v) is 7.28. The average molecular weight is 230 g/mol. The van der Waals surface area contributed by atoms with E-state index in [0.717, 1.165) is 17.9 Å². The van der Waals surface area contributed by atoms with Crippen LogP contribution in [0.3, 0.4) is 0 Å². The number of nitrogens with zero attached hydrogens (tertiary/aromatic N) is 1. The van der Waals surface area contributed by atoms with Crippen LogP contribution in [-0.2, 0) is 6.42 Å². The lowest BCUT2D eigenvalue weighted by atomic mass is 9.91. The zero-order valence-corrected chi connectivity index (χ0v) is 10.4. The molecule has 0 radical (unpaired) electrons. The van der Waals surface area contributed by atoms with Gasteiger partial charge in [-0.05, 0) is 62.0 Å². The van der Waals surface area contributed by atoms with Crippen LogP contribution < -0.4 is 5.73 Å². The fraction of sp³-hybridized carbons (Fsp3) is 0.733. The van der Waals surface area contributed by atoms with Crippen molar-refractivity contribution >= 4 is 0 Å². The Labute approximate surface area is 103 Å². The highest BCUT2D eigenvalue weighted by atomic mass is 15.0. The molecule has 4 atom stereocenters. The fourth-order valence-corrected chi connectivity index (χ4v) is 4.61. The summed E-state index contributed by atoms with van der Waals surface area (Å²) >= 11 is 0. The van der Waals surface area contributed by atoms with Crippen molar-refractivity contribution in [3.05, 3.63) is 23.5 Å². The third-order valence-electron chi connectivity index (χ3n) is 5.45. The van der Waals surface area contributed by atoms with Gasteiger partial charge in [0.2, 0.25) is 0 Å². The maximum absolute atomic E-state index is 6.22. The molecule has 1 aromatic rings. The van der Waals surface area contributed by atoms with Gasteiger partial charge in [-0.3, -0.25) is 0 Å². The Morgan fingerprint density at radius 2 is 2.12 bits per heavy atom. The predicted octanol–water partition coefficient (Wildman–Crippen LogP) is 3.19. The summed E-state index contributed by atoms with van der Waals surface area (Å²) in [5, 5.41) is 0. The van der Waals surface area contributed by atoms with Gasteiger partial charge < -0.3 is 10.3 Å². The second-order valence-corrected chi connectivity index (χ2v) is 6.37. The molecule has 0 saturated heterocycles. The standard InChI is InChI=1S/C15H22N2/c16-13-2-1-3-14-12(13)6-7-17(14)15-9-10-4-5-11(15)8-10/h6-7,10-11,13,15H,1-5,8-9,16H2. The average Bonchev–Trinajstić information content (AvgIpc) is 3.03.